The maximum absolute atomic E-state index is 12.7. The molecule has 6 nitrogen and oxygen atoms in total. The summed E-state index contributed by atoms with van der Waals surface area (Å²) in [5, 5.41) is 0. The number of rotatable bonds is 4. The Morgan fingerprint density at radius 1 is 1.25 bits per heavy atom. The van der Waals surface area contributed by atoms with Gasteiger partial charge < -0.3 is 19.0 Å². The summed E-state index contributed by atoms with van der Waals surface area (Å²) in [6.07, 6.45) is 3.84. The minimum Gasteiger partial charge on any atom is -0.497 e. The molecule has 0 radical (unpaired) electrons. The second kappa shape index (κ2) is 7.34. The third kappa shape index (κ3) is 3.51. The van der Waals surface area contributed by atoms with Gasteiger partial charge in [-0.1, -0.05) is 12.1 Å². The number of nitrogens with zero attached hydrogens (tertiary/aromatic N) is 2. The Balaban J connectivity index is 1.39. The van der Waals surface area contributed by atoms with E-state index in [1.807, 2.05) is 41.0 Å². The normalized spacial score (nSPS) is 18.7. The first-order chi connectivity index (χ1) is 13.5. The number of benzene rings is 1. The van der Waals surface area contributed by atoms with Gasteiger partial charge in [-0.2, -0.15) is 0 Å². The Labute approximate surface area is 165 Å². The van der Waals surface area contributed by atoms with Gasteiger partial charge in [0.2, 0.25) is 5.91 Å². The molecule has 1 spiro atoms. The van der Waals surface area contributed by atoms with Crippen LogP contribution in [0.15, 0.2) is 41.0 Å². The van der Waals surface area contributed by atoms with E-state index in [4.69, 9.17) is 9.15 Å². The summed E-state index contributed by atoms with van der Waals surface area (Å²) in [6.45, 7) is 4.54. The molecule has 2 aliphatic rings. The quantitative estimate of drug-likeness (QED) is 0.814. The summed E-state index contributed by atoms with van der Waals surface area (Å²) >= 11 is 0. The van der Waals surface area contributed by atoms with Crippen LogP contribution in [-0.4, -0.2) is 48.4 Å². The largest absolute Gasteiger partial charge is 0.497 e. The van der Waals surface area contributed by atoms with E-state index in [0.29, 0.717) is 37.4 Å². The van der Waals surface area contributed by atoms with Gasteiger partial charge in [-0.05, 0) is 43.5 Å². The minimum atomic E-state index is -0.0157. The van der Waals surface area contributed by atoms with Crippen LogP contribution in [0.5, 0.6) is 5.75 Å². The maximum Gasteiger partial charge on any atom is 0.257 e. The monoisotopic (exact) mass is 382 g/mol. The van der Waals surface area contributed by atoms with E-state index in [9.17, 15) is 9.59 Å². The van der Waals surface area contributed by atoms with E-state index in [2.05, 4.69) is 0 Å². The highest BCUT2D eigenvalue weighted by Gasteiger charge is 2.45. The molecule has 0 saturated carbocycles. The highest BCUT2D eigenvalue weighted by atomic mass is 16.5. The van der Waals surface area contributed by atoms with E-state index in [1.165, 1.54) is 0 Å². The van der Waals surface area contributed by atoms with Gasteiger partial charge >= 0.3 is 0 Å². The van der Waals surface area contributed by atoms with Crippen molar-refractivity contribution in [1.82, 2.24) is 9.80 Å². The third-order valence-electron chi connectivity index (χ3n) is 6.11. The molecule has 3 heterocycles. The van der Waals surface area contributed by atoms with Crippen LogP contribution in [0.2, 0.25) is 0 Å². The molecule has 2 aromatic rings. The average molecular weight is 382 g/mol. The number of hydrogen-bond acceptors (Lipinski definition) is 4. The highest BCUT2D eigenvalue weighted by molar-refractivity contribution is 5.95. The first-order valence-electron chi connectivity index (χ1n) is 9.74. The number of piperidine rings is 1. The third-order valence-corrected chi connectivity index (χ3v) is 6.11. The van der Waals surface area contributed by atoms with Crippen LogP contribution >= 0.6 is 0 Å². The van der Waals surface area contributed by atoms with Gasteiger partial charge in [0.1, 0.15) is 11.5 Å². The van der Waals surface area contributed by atoms with E-state index in [0.717, 1.165) is 30.7 Å². The van der Waals surface area contributed by atoms with Crippen molar-refractivity contribution >= 4 is 11.8 Å². The fourth-order valence-electron chi connectivity index (χ4n) is 4.41. The molecule has 1 aromatic heterocycles. The summed E-state index contributed by atoms with van der Waals surface area (Å²) in [7, 11) is 1.65. The minimum absolute atomic E-state index is 0.0157. The van der Waals surface area contributed by atoms with Crippen molar-refractivity contribution in [2.45, 2.75) is 32.7 Å². The molecule has 0 bridgehead atoms. The number of amides is 2. The molecule has 2 saturated heterocycles. The molecule has 1 aromatic carbocycles. The van der Waals surface area contributed by atoms with Gasteiger partial charge in [0.05, 0.1) is 18.9 Å². The number of likely N-dealkylation sites (tertiary alicyclic amines) is 2. The summed E-state index contributed by atoms with van der Waals surface area (Å²) in [5.74, 6) is 1.69. The summed E-state index contributed by atoms with van der Waals surface area (Å²) in [5.41, 5.74) is 1.70. The first-order valence-corrected chi connectivity index (χ1v) is 9.74. The van der Waals surface area contributed by atoms with Crippen LogP contribution in [0.25, 0.3) is 0 Å². The summed E-state index contributed by atoms with van der Waals surface area (Å²) < 4.78 is 10.5. The van der Waals surface area contributed by atoms with Gasteiger partial charge in [-0.25, -0.2) is 0 Å². The van der Waals surface area contributed by atoms with E-state index >= 15 is 0 Å². The molecular formula is C22H26N2O4. The lowest BCUT2D eigenvalue weighted by atomic mass is 9.77. The molecule has 2 aliphatic heterocycles. The average Bonchev–Trinajstić information content (AvgIpc) is 3.25. The molecule has 0 atom stereocenters. The predicted octanol–water partition coefficient (Wildman–Crippen LogP) is 3.25. The topological polar surface area (TPSA) is 63.0 Å². The van der Waals surface area contributed by atoms with Gasteiger partial charge in [0, 0.05) is 38.0 Å². The maximum atomic E-state index is 12.7. The van der Waals surface area contributed by atoms with E-state index in [1.54, 1.807) is 19.4 Å². The molecule has 2 amide bonds. The smallest absolute Gasteiger partial charge is 0.257 e. The highest BCUT2D eigenvalue weighted by Crippen LogP contribution is 2.41. The van der Waals surface area contributed by atoms with Gasteiger partial charge in [0.15, 0.2) is 0 Å². The van der Waals surface area contributed by atoms with Crippen molar-refractivity contribution in [3.05, 3.63) is 53.5 Å². The van der Waals surface area contributed by atoms with Crippen LogP contribution in [0.4, 0.5) is 0 Å². The zero-order valence-electron chi connectivity index (χ0n) is 16.4. The SMILES string of the molecule is COc1cccc(CN2CC3(CCN(C(=O)c4ccoc4C)CC3)CC2=O)c1. The number of aryl methyl sites for hydroxylation is 1. The Morgan fingerprint density at radius 2 is 2.04 bits per heavy atom. The Morgan fingerprint density at radius 3 is 2.71 bits per heavy atom. The number of carbonyl (C=O) groups is 2. The Kier molecular flexibility index (Phi) is 4.87. The van der Waals surface area contributed by atoms with Gasteiger partial charge in [0.25, 0.3) is 5.91 Å². The van der Waals surface area contributed by atoms with Gasteiger partial charge in [-0.3, -0.25) is 9.59 Å². The van der Waals surface area contributed by atoms with Crippen molar-refractivity contribution in [3.63, 3.8) is 0 Å². The van der Waals surface area contributed by atoms with Crippen molar-refractivity contribution in [2.75, 3.05) is 26.7 Å². The summed E-state index contributed by atoms with van der Waals surface area (Å²) in [4.78, 5) is 29.2. The van der Waals surface area contributed by atoms with Crippen molar-refractivity contribution in [1.29, 1.82) is 0 Å². The molecule has 0 N–H and O–H groups in total. The van der Waals surface area contributed by atoms with Crippen LogP contribution in [-0.2, 0) is 11.3 Å². The number of methoxy groups -OCH3 is 1. The number of carbonyl (C=O) groups excluding carboxylic acids is 2. The fraction of sp³-hybridized carbons (Fsp3) is 0.455. The predicted molar refractivity (Wildman–Crippen MR) is 104 cm³/mol. The second-order valence-corrected chi connectivity index (χ2v) is 7.96. The van der Waals surface area contributed by atoms with Crippen molar-refractivity contribution in [3.8, 4) is 5.75 Å². The van der Waals surface area contributed by atoms with E-state index < -0.39 is 0 Å². The molecule has 0 unspecified atom stereocenters. The molecule has 148 valence electrons. The number of hydrogen-bond donors (Lipinski definition) is 0. The zero-order valence-corrected chi connectivity index (χ0v) is 16.4. The van der Waals surface area contributed by atoms with Crippen LogP contribution in [0.3, 0.4) is 0 Å². The molecule has 6 heteroatoms. The van der Waals surface area contributed by atoms with E-state index in [-0.39, 0.29) is 17.2 Å². The van der Waals surface area contributed by atoms with Gasteiger partial charge in [-0.15, -0.1) is 0 Å². The zero-order chi connectivity index (χ0) is 19.7. The number of furan rings is 1. The molecule has 28 heavy (non-hydrogen) atoms. The lowest BCUT2D eigenvalue weighted by Crippen LogP contribution is -2.44. The van der Waals surface area contributed by atoms with Crippen LogP contribution in [0.1, 0.15) is 40.9 Å². The first kappa shape index (κ1) is 18.6. The lowest BCUT2D eigenvalue weighted by Gasteiger charge is -2.38. The molecule has 0 aliphatic carbocycles. The molecule has 2 fully saturated rings. The Hall–Kier alpha value is -2.76. The molecule has 4 rings (SSSR count). The fourth-order valence-corrected chi connectivity index (χ4v) is 4.41. The lowest BCUT2D eigenvalue weighted by molar-refractivity contribution is -0.128. The molecular weight excluding hydrogens is 356 g/mol. The van der Waals surface area contributed by atoms with Crippen molar-refractivity contribution in [2.24, 2.45) is 5.41 Å². The van der Waals surface area contributed by atoms with Crippen LogP contribution < -0.4 is 4.74 Å². The summed E-state index contributed by atoms with van der Waals surface area (Å²) in [6, 6.07) is 9.59. The Bertz CT molecular complexity index is 880. The number of ether oxygens (including phenoxy) is 1. The standard InChI is InChI=1S/C22H26N2O4/c1-16-19(6-11-28-16)21(26)23-9-7-22(8-10-23)13-20(25)24(15-22)14-17-4-3-5-18(12-17)27-2/h3-6,11-12H,7-10,13-15H2,1-2H3. The second-order valence-electron chi connectivity index (χ2n) is 7.96. The van der Waals surface area contributed by atoms with Crippen molar-refractivity contribution < 1.29 is 18.7 Å². The van der Waals surface area contributed by atoms with Crippen LogP contribution in [0, 0.1) is 12.3 Å².